The Labute approximate surface area is 118 Å². The summed E-state index contributed by atoms with van der Waals surface area (Å²) in [6, 6.07) is 0.291. The number of carbonyl (C=O) groups is 1. The highest BCUT2D eigenvalue weighted by molar-refractivity contribution is 6.03. The Balaban J connectivity index is 2.69. The summed E-state index contributed by atoms with van der Waals surface area (Å²) < 4.78 is 1.66. The first kappa shape index (κ1) is 14.3. The average molecular weight is 276 g/mol. The zero-order valence-corrected chi connectivity index (χ0v) is 12.3. The number of fused-ring (bicyclic) bond motifs is 1. The molecule has 2 rings (SSSR count). The Morgan fingerprint density at radius 1 is 1.40 bits per heavy atom. The zero-order valence-electron chi connectivity index (χ0n) is 12.3. The van der Waals surface area contributed by atoms with Gasteiger partial charge in [-0.25, -0.2) is 9.78 Å². The molecule has 108 valence electrons. The van der Waals surface area contributed by atoms with Gasteiger partial charge in [-0.15, -0.1) is 0 Å². The van der Waals surface area contributed by atoms with Crippen LogP contribution in [0.15, 0.2) is 12.4 Å². The smallest absolute Gasteiger partial charge is 0.339 e. The molecule has 0 fully saturated rings. The lowest BCUT2D eigenvalue weighted by Gasteiger charge is -2.29. The number of aromatic carboxylic acids is 1. The lowest BCUT2D eigenvalue weighted by atomic mass is 10.1. The van der Waals surface area contributed by atoms with Gasteiger partial charge in [-0.2, -0.15) is 5.10 Å². The van der Waals surface area contributed by atoms with Crippen molar-refractivity contribution in [3.05, 3.63) is 18.0 Å². The van der Waals surface area contributed by atoms with Crippen LogP contribution in [0.1, 0.15) is 37.0 Å². The molecule has 6 heteroatoms. The Hall–Kier alpha value is -2.11. The number of aryl methyl sites for hydroxylation is 1. The van der Waals surface area contributed by atoms with Crippen LogP contribution in [0.4, 0.5) is 5.69 Å². The minimum Gasteiger partial charge on any atom is -0.478 e. The van der Waals surface area contributed by atoms with Crippen LogP contribution in [-0.4, -0.2) is 38.9 Å². The number of rotatable bonds is 5. The van der Waals surface area contributed by atoms with Crippen LogP contribution in [0.3, 0.4) is 0 Å². The molecule has 20 heavy (non-hydrogen) atoms. The highest BCUT2D eigenvalue weighted by Crippen LogP contribution is 2.31. The average Bonchev–Trinajstić information content (AvgIpc) is 2.80. The molecule has 0 aliphatic rings. The van der Waals surface area contributed by atoms with Crippen LogP contribution < -0.4 is 4.90 Å². The summed E-state index contributed by atoms with van der Waals surface area (Å²) in [6.07, 6.45) is 5.01. The topological polar surface area (TPSA) is 71.2 Å². The van der Waals surface area contributed by atoms with Crippen molar-refractivity contribution in [2.45, 2.75) is 32.7 Å². The molecule has 0 amide bonds. The fraction of sp³-hybridized carbons (Fsp3) is 0.500. The molecule has 1 N–H and O–H groups in total. The van der Waals surface area contributed by atoms with E-state index >= 15 is 0 Å². The Morgan fingerprint density at radius 3 is 2.60 bits per heavy atom. The molecule has 0 aliphatic carbocycles. The van der Waals surface area contributed by atoms with Crippen molar-refractivity contribution in [2.75, 3.05) is 11.9 Å². The Bertz CT molecular complexity index is 631. The van der Waals surface area contributed by atoms with E-state index in [2.05, 4.69) is 23.9 Å². The molecule has 0 saturated carbocycles. The van der Waals surface area contributed by atoms with Gasteiger partial charge in [-0.3, -0.25) is 4.68 Å². The van der Waals surface area contributed by atoms with E-state index in [0.29, 0.717) is 17.4 Å². The number of hydrogen-bond acceptors (Lipinski definition) is 4. The number of aromatic nitrogens is 3. The molecule has 0 atom stereocenters. The van der Waals surface area contributed by atoms with Gasteiger partial charge in [0.05, 0.1) is 17.3 Å². The summed E-state index contributed by atoms with van der Waals surface area (Å²) in [7, 11) is 3.74. The van der Waals surface area contributed by atoms with Gasteiger partial charge in [0.15, 0.2) is 5.65 Å². The third-order valence-electron chi connectivity index (χ3n) is 3.81. The highest BCUT2D eigenvalue weighted by Gasteiger charge is 2.23. The predicted molar refractivity (Wildman–Crippen MR) is 78.2 cm³/mol. The number of nitrogens with zero attached hydrogens (tertiary/aromatic N) is 4. The largest absolute Gasteiger partial charge is 0.478 e. The van der Waals surface area contributed by atoms with Crippen molar-refractivity contribution >= 4 is 22.7 Å². The van der Waals surface area contributed by atoms with Crippen molar-refractivity contribution in [1.82, 2.24) is 14.8 Å². The van der Waals surface area contributed by atoms with Gasteiger partial charge < -0.3 is 10.0 Å². The summed E-state index contributed by atoms with van der Waals surface area (Å²) in [5.74, 6) is -0.962. The number of carboxylic acids is 1. The monoisotopic (exact) mass is 276 g/mol. The van der Waals surface area contributed by atoms with Crippen LogP contribution in [0.2, 0.25) is 0 Å². The van der Waals surface area contributed by atoms with E-state index in [1.165, 1.54) is 6.20 Å². The number of pyridine rings is 1. The third kappa shape index (κ3) is 2.21. The first-order valence-electron chi connectivity index (χ1n) is 6.78. The van der Waals surface area contributed by atoms with Gasteiger partial charge >= 0.3 is 5.97 Å². The third-order valence-corrected chi connectivity index (χ3v) is 3.81. The second-order valence-corrected chi connectivity index (χ2v) is 4.91. The fourth-order valence-electron chi connectivity index (χ4n) is 2.64. The van der Waals surface area contributed by atoms with Gasteiger partial charge in [0.1, 0.15) is 5.56 Å². The molecule has 0 bridgehead atoms. The van der Waals surface area contributed by atoms with Gasteiger partial charge in [0.2, 0.25) is 0 Å². The normalized spacial score (nSPS) is 11.2. The number of carboxylic acid groups (broad SMARTS) is 1. The summed E-state index contributed by atoms with van der Waals surface area (Å²) in [4.78, 5) is 17.7. The second kappa shape index (κ2) is 5.48. The first-order valence-corrected chi connectivity index (χ1v) is 6.78. The quantitative estimate of drug-likeness (QED) is 0.907. The van der Waals surface area contributed by atoms with Crippen molar-refractivity contribution < 1.29 is 9.90 Å². The molecule has 0 spiro atoms. The highest BCUT2D eigenvalue weighted by atomic mass is 16.4. The SMILES string of the molecule is CCC(CC)N(C)c1c(C(=O)O)cnc2c1cnn2C. The fourth-order valence-corrected chi connectivity index (χ4v) is 2.64. The maximum atomic E-state index is 11.5. The van der Waals surface area contributed by atoms with E-state index in [1.807, 2.05) is 11.9 Å². The molecule has 0 aliphatic heterocycles. The van der Waals surface area contributed by atoms with Crippen LogP contribution in [0, 0.1) is 0 Å². The van der Waals surface area contributed by atoms with Crippen molar-refractivity contribution in [1.29, 1.82) is 0 Å². The van der Waals surface area contributed by atoms with Gasteiger partial charge in [0.25, 0.3) is 0 Å². The van der Waals surface area contributed by atoms with E-state index in [-0.39, 0.29) is 5.56 Å². The van der Waals surface area contributed by atoms with Crippen LogP contribution in [0.5, 0.6) is 0 Å². The number of hydrogen-bond donors (Lipinski definition) is 1. The van der Waals surface area contributed by atoms with Crippen molar-refractivity contribution in [2.24, 2.45) is 7.05 Å². The van der Waals surface area contributed by atoms with Crippen molar-refractivity contribution in [3.63, 3.8) is 0 Å². The minimum absolute atomic E-state index is 0.222. The summed E-state index contributed by atoms with van der Waals surface area (Å²) >= 11 is 0. The van der Waals surface area contributed by atoms with E-state index in [9.17, 15) is 9.90 Å². The van der Waals surface area contributed by atoms with E-state index in [0.717, 1.165) is 18.2 Å². The van der Waals surface area contributed by atoms with Gasteiger partial charge in [-0.1, -0.05) is 13.8 Å². The maximum absolute atomic E-state index is 11.5. The van der Waals surface area contributed by atoms with Crippen LogP contribution in [0.25, 0.3) is 11.0 Å². The standard InChI is InChI=1S/C14H20N4O2/c1-5-9(6-2)17(3)12-10-8-16-18(4)13(10)15-7-11(12)14(19)20/h7-9H,5-6H2,1-4H3,(H,19,20). The summed E-state index contributed by atoms with van der Waals surface area (Å²) in [6.45, 7) is 4.21. The predicted octanol–water partition coefficient (Wildman–Crippen LogP) is 2.29. The Kier molecular flexibility index (Phi) is 3.92. The number of anilines is 1. The molecule has 0 unspecified atom stereocenters. The van der Waals surface area contributed by atoms with Crippen molar-refractivity contribution in [3.8, 4) is 0 Å². The van der Waals surface area contributed by atoms with E-state index in [4.69, 9.17) is 0 Å². The second-order valence-electron chi connectivity index (χ2n) is 4.91. The van der Waals surface area contributed by atoms with Gasteiger partial charge in [0, 0.05) is 26.3 Å². The Morgan fingerprint density at radius 2 is 2.05 bits per heavy atom. The minimum atomic E-state index is -0.962. The molecule has 0 saturated heterocycles. The lowest BCUT2D eigenvalue weighted by molar-refractivity contribution is 0.0697. The molecule has 0 radical (unpaired) electrons. The zero-order chi connectivity index (χ0) is 14.9. The van der Waals surface area contributed by atoms with Crippen LogP contribution >= 0.6 is 0 Å². The van der Waals surface area contributed by atoms with E-state index < -0.39 is 5.97 Å². The summed E-state index contributed by atoms with van der Waals surface area (Å²) in [5.41, 5.74) is 1.62. The summed E-state index contributed by atoms with van der Waals surface area (Å²) in [5, 5.41) is 14.4. The van der Waals surface area contributed by atoms with Gasteiger partial charge in [-0.05, 0) is 12.8 Å². The molecule has 6 nitrogen and oxygen atoms in total. The molecule has 2 heterocycles. The van der Waals surface area contributed by atoms with Crippen LogP contribution in [-0.2, 0) is 7.05 Å². The molecule has 2 aromatic heterocycles. The maximum Gasteiger partial charge on any atom is 0.339 e. The van der Waals surface area contributed by atoms with E-state index in [1.54, 1.807) is 17.9 Å². The molecule has 2 aromatic rings. The first-order chi connectivity index (χ1) is 9.51. The molecule has 0 aromatic carbocycles. The lowest BCUT2D eigenvalue weighted by Crippen LogP contribution is -2.32. The molecular weight excluding hydrogens is 256 g/mol. The molecular formula is C14H20N4O2.